The van der Waals surface area contributed by atoms with Gasteiger partial charge in [0.25, 0.3) is 5.91 Å². The zero-order valence-electron chi connectivity index (χ0n) is 15.3. The van der Waals surface area contributed by atoms with E-state index in [0.717, 1.165) is 30.0 Å². The maximum atomic E-state index is 13.1. The van der Waals surface area contributed by atoms with E-state index in [2.05, 4.69) is 4.98 Å². The van der Waals surface area contributed by atoms with Gasteiger partial charge in [-0.15, -0.1) is 0 Å². The van der Waals surface area contributed by atoms with Gasteiger partial charge in [0.1, 0.15) is 5.69 Å². The Morgan fingerprint density at radius 1 is 1.19 bits per heavy atom. The second-order valence-corrected chi connectivity index (χ2v) is 6.84. The highest BCUT2D eigenvalue weighted by Gasteiger charge is 2.30. The predicted molar refractivity (Wildman–Crippen MR) is 98.0 cm³/mol. The lowest BCUT2D eigenvalue weighted by Gasteiger charge is -2.31. The van der Waals surface area contributed by atoms with Crippen LogP contribution in [-0.2, 0) is 9.53 Å². The third-order valence-electron chi connectivity index (χ3n) is 5.08. The number of aromatic nitrogens is 1. The van der Waals surface area contributed by atoms with Crippen LogP contribution in [0.15, 0.2) is 24.4 Å². The lowest BCUT2D eigenvalue weighted by Crippen LogP contribution is -2.43. The Morgan fingerprint density at radius 2 is 1.96 bits per heavy atom. The van der Waals surface area contributed by atoms with Crippen LogP contribution < -0.4 is 9.47 Å². The van der Waals surface area contributed by atoms with E-state index in [1.54, 1.807) is 11.1 Å². The van der Waals surface area contributed by atoms with Crippen LogP contribution in [-0.4, -0.2) is 55.2 Å². The van der Waals surface area contributed by atoms with Gasteiger partial charge < -0.3 is 19.1 Å². The molecular formula is C20H22N2O5. The summed E-state index contributed by atoms with van der Waals surface area (Å²) in [5, 5.41) is 1.60. The number of piperidine rings is 1. The molecule has 142 valence electrons. The van der Waals surface area contributed by atoms with Gasteiger partial charge in [-0.25, -0.2) is 0 Å². The van der Waals surface area contributed by atoms with Gasteiger partial charge in [0.05, 0.1) is 26.2 Å². The van der Waals surface area contributed by atoms with Gasteiger partial charge in [-0.2, -0.15) is 0 Å². The number of pyridine rings is 1. The van der Waals surface area contributed by atoms with Crippen molar-refractivity contribution in [1.29, 1.82) is 0 Å². The standard InChI is InChI=1S/C20H22N2O5/c1-25-20(24)14-4-2-7-22(12-14)19(23)18-15-11-17-16(26-8-3-9-27-17)10-13(15)5-6-21-18/h5-6,10-11,14H,2-4,7-9,12H2,1H3. The Bertz CT molecular complexity index is 882. The SMILES string of the molecule is COC(=O)C1CCCN(C(=O)c2nccc3cc4c(cc23)OCCCO4)C1. The second kappa shape index (κ2) is 7.42. The summed E-state index contributed by atoms with van der Waals surface area (Å²) >= 11 is 0. The maximum Gasteiger partial charge on any atom is 0.310 e. The van der Waals surface area contributed by atoms with Gasteiger partial charge in [0, 0.05) is 31.1 Å². The van der Waals surface area contributed by atoms with E-state index < -0.39 is 0 Å². The van der Waals surface area contributed by atoms with Gasteiger partial charge in [-0.05, 0) is 36.4 Å². The Hall–Kier alpha value is -2.83. The molecule has 2 aliphatic heterocycles. The molecule has 7 heteroatoms. The average molecular weight is 370 g/mol. The molecule has 1 aromatic heterocycles. The van der Waals surface area contributed by atoms with Crippen molar-refractivity contribution in [2.75, 3.05) is 33.4 Å². The van der Waals surface area contributed by atoms with Crippen molar-refractivity contribution in [2.24, 2.45) is 5.92 Å². The molecule has 1 saturated heterocycles. The highest BCUT2D eigenvalue weighted by molar-refractivity contribution is 6.06. The first-order valence-corrected chi connectivity index (χ1v) is 9.23. The molecule has 0 saturated carbocycles. The van der Waals surface area contributed by atoms with Crippen molar-refractivity contribution < 1.29 is 23.8 Å². The Balaban J connectivity index is 1.67. The summed E-state index contributed by atoms with van der Waals surface area (Å²) in [6.45, 7) is 2.15. The molecule has 1 atom stereocenters. The molecule has 0 aliphatic carbocycles. The molecule has 2 aliphatic rings. The number of fused-ring (bicyclic) bond motifs is 2. The highest BCUT2D eigenvalue weighted by Crippen LogP contribution is 2.35. The first-order valence-electron chi connectivity index (χ1n) is 9.23. The molecule has 1 aromatic carbocycles. The number of ether oxygens (including phenoxy) is 3. The minimum Gasteiger partial charge on any atom is -0.490 e. The number of amides is 1. The van der Waals surface area contributed by atoms with Crippen LogP contribution in [0.4, 0.5) is 0 Å². The summed E-state index contributed by atoms with van der Waals surface area (Å²) < 4.78 is 16.3. The van der Waals surface area contributed by atoms with Crippen molar-refractivity contribution in [3.63, 3.8) is 0 Å². The van der Waals surface area contributed by atoms with E-state index in [1.807, 2.05) is 18.2 Å². The van der Waals surface area contributed by atoms with Crippen molar-refractivity contribution in [1.82, 2.24) is 9.88 Å². The minimum atomic E-state index is -0.282. The normalized spacial score (nSPS) is 19.4. The van der Waals surface area contributed by atoms with Gasteiger partial charge in [-0.3, -0.25) is 14.6 Å². The molecule has 1 amide bonds. The molecule has 0 spiro atoms. The lowest BCUT2D eigenvalue weighted by molar-refractivity contribution is -0.146. The molecule has 3 heterocycles. The number of methoxy groups -OCH3 is 1. The van der Waals surface area contributed by atoms with E-state index in [-0.39, 0.29) is 17.8 Å². The van der Waals surface area contributed by atoms with Crippen LogP contribution in [0, 0.1) is 5.92 Å². The number of esters is 1. The molecular weight excluding hydrogens is 348 g/mol. The molecule has 7 nitrogen and oxygen atoms in total. The quantitative estimate of drug-likeness (QED) is 0.756. The Labute approximate surface area is 157 Å². The van der Waals surface area contributed by atoms with E-state index >= 15 is 0 Å². The number of hydrogen-bond donors (Lipinski definition) is 0. The number of likely N-dealkylation sites (tertiary alicyclic amines) is 1. The zero-order valence-corrected chi connectivity index (χ0v) is 15.3. The molecule has 0 radical (unpaired) electrons. The number of carbonyl (C=O) groups excluding carboxylic acids is 2. The van der Waals surface area contributed by atoms with E-state index in [0.29, 0.717) is 43.5 Å². The van der Waals surface area contributed by atoms with Crippen LogP contribution in [0.3, 0.4) is 0 Å². The number of hydrogen-bond acceptors (Lipinski definition) is 6. The summed E-state index contributed by atoms with van der Waals surface area (Å²) in [5.74, 6) is 0.593. The van der Waals surface area contributed by atoms with Crippen molar-refractivity contribution >= 4 is 22.6 Å². The number of nitrogens with zero attached hydrogens (tertiary/aromatic N) is 2. The van der Waals surface area contributed by atoms with Gasteiger partial charge >= 0.3 is 5.97 Å². The molecule has 27 heavy (non-hydrogen) atoms. The van der Waals surface area contributed by atoms with Crippen LogP contribution >= 0.6 is 0 Å². The van der Waals surface area contributed by atoms with Crippen LogP contribution in [0.25, 0.3) is 10.8 Å². The average Bonchev–Trinajstić information content (AvgIpc) is 2.95. The van der Waals surface area contributed by atoms with Crippen LogP contribution in [0.2, 0.25) is 0 Å². The minimum absolute atomic E-state index is 0.177. The molecule has 1 unspecified atom stereocenters. The topological polar surface area (TPSA) is 78.0 Å². The Kier molecular flexibility index (Phi) is 4.83. The Morgan fingerprint density at radius 3 is 2.74 bits per heavy atom. The summed E-state index contributed by atoms with van der Waals surface area (Å²) in [6.07, 6.45) is 3.94. The first kappa shape index (κ1) is 17.6. The molecule has 0 bridgehead atoms. The summed E-state index contributed by atoms with van der Waals surface area (Å²) in [4.78, 5) is 31.0. The third-order valence-corrected chi connectivity index (χ3v) is 5.08. The first-order chi connectivity index (χ1) is 13.2. The summed E-state index contributed by atoms with van der Waals surface area (Å²) in [6, 6.07) is 5.58. The summed E-state index contributed by atoms with van der Waals surface area (Å²) in [5.41, 5.74) is 0.369. The van der Waals surface area contributed by atoms with E-state index in [4.69, 9.17) is 14.2 Å². The third kappa shape index (κ3) is 3.41. The van der Waals surface area contributed by atoms with Crippen LogP contribution in [0.1, 0.15) is 29.8 Å². The van der Waals surface area contributed by atoms with E-state index in [1.165, 1.54) is 7.11 Å². The lowest BCUT2D eigenvalue weighted by atomic mass is 9.97. The zero-order chi connectivity index (χ0) is 18.8. The van der Waals surface area contributed by atoms with E-state index in [9.17, 15) is 9.59 Å². The van der Waals surface area contributed by atoms with Crippen LogP contribution in [0.5, 0.6) is 11.5 Å². The largest absolute Gasteiger partial charge is 0.490 e. The fraction of sp³-hybridized carbons (Fsp3) is 0.450. The summed E-state index contributed by atoms with van der Waals surface area (Å²) in [7, 11) is 1.38. The highest BCUT2D eigenvalue weighted by atomic mass is 16.5. The smallest absolute Gasteiger partial charge is 0.310 e. The second-order valence-electron chi connectivity index (χ2n) is 6.84. The fourth-order valence-electron chi connectivity index (χ4n) is 3.67. The predicted octanol–water partition coefficient (Wildman–Crippen LogP) is 2.42. The molecule has 4 rings (SSSR count). The monoisotopic (exact) mass is 370 g/mol. The van der Waals surface area contributed by atoms with Crippen molar-refractivity contribution in [2.45, 2.75) is 19.3 Å². The van der Waals surface area contributed by atoms with Crippen molar-refractivity contribution in [3.8, 4) is 11.5 Å². The fourth-order valence-corrected chi connectivity index (χ4v) is 3.67. The van der Waals surface area contributed by atoms with Gasteiger partial charge in [0.15, 0.2) is 11.5 Å². The van der Waals surface area contributed by atoms with Gasteiger partial charge in [-0.1, -0.05) is 0 Å². The van der Waals surface area contributed by atoms with Gasteiger partial charge in [0.2, 0.25) is 0 Å². The number of carbonyl (C=O) groups is 2. The number of benzene rings is 1. The molecule has 2 aromatic rings. The number of rotatable bonds is 2. The molecule has 0 N–H and O–H groups in total. The van der Waals surface area contributed by atoms with Crippen molar-refractivity contribution in [3.05, 3.63) is 30.1 Å². The maximum absolute atomic E-state index is 13.1. The molecule has 1 fully saturated rings.